The number of rotatable bonds is 4. The Kier molecular flexibility index (Phi) is 6.63. The third kappa shape index (κ3) is 4.60. The molecule has 10 rings (SSSR count). The first kappa shape index (κ1) is 29.7. The van der Waals surface area contributed by atoms with E-state index >= 15 is 0 Å². The summed E-state index contributed by atoms with van der Waals surface area (Å²) in [6, 6.07) is 67.4. The van der Waals surface area contributed by atoms with Gasteiger partial charge in [0.15, 0.2) is 0 Å². The second kappa shape index (κ2) is 11.4. The van der Waals surface area contributed by atoms with Crippen molar-refractivity contribution < 1.29 is 0 Å². The number of hydrogen-bond acceptors (Lipinski definition) is 0. The van der Waals surface area contributed by atoms with Gasteiger partial charge in [-0.15, -0.1) is 0 Å². The van der Waals surface area contributed by atoms with Crippen molar-refractivity contribution in [1.82, 2.24) is 0 Å². The van der Waals surface area contributed by atoms with Crippen LogP contribution in [0.1, 0.15) is 25.0 Å². The minimum atomic E-state index is -0.0810. The highest BCUT2D eigenvalue weighted by atomic mass is 14.4. The van der Waals surface area contributed by atoms with E-state index in [1.807, 2.05) is 0 Å². The third-order valence-electron chi connectivity index (χ3n) is 11.2. The molecule has 0 spiro atoms. The van der Waals surface area contributed by atoms with Crippen LogP contribution in [0, 0.1) is 0 Å². The molecular formula is C51H36. The van der Waals surface area contributed by atoms with Gasteiger partial charge in [0.1, 0.15) is 0 Å². The molecule has 9 aromatic carbocycles. The normalized spacial score (nSPS) is 13.1. The van der Waals surface area contributed by atoms with Crippen LogP contribution in [0.3, 0.4) is 0 Å². The van der Waals surface area contributed by atoms with Gasteiger partial charge in [-0.1, -0.05) is 172 Å². The molecule has 1 aliphatic rings. The molecule has 0 atom stereocenters. The van der Waals surface area contributed by atoms with Gasteiger partial charge in [-0.05, 0) is 123 Å². The summed E-state index contributed by atoms with van der Waals surface area (Å²) in [5.74, 6) is 0. The van der Waals surface area contributed by atoms with Crippen molar-refractivity contribution in [2.45, 2.75) is 19.3 Å². The molecule has 0 bridgehead atoms. The molecule has 0 saturated carbocycles. The van der Waals surface area contributed by atoms with Crippen LogP contribution in [0.4, 0.5) is 0 Å². The third-order valence-corrected chi connectivity index (χ3v) is 11.2. The van der Waals surface area contributed by atoms with Crippen molar-refractivity contribution in [3.63, 3.8) is 0 Å². The standard InChI is InChI=1S/C51H36/c1-51(2)46-28-14-27-40(50(46)45-31-35-17-6-7-18-36(35)32-47(45)51)37-20-13-22-39(30-37)49-43-25-10-8-23-41(43)48(42-24-9-11-26-44(42)49)38-21-12-19-34(29-38)33-15-4-3-5-16-33/h3-32H,1-2H3. The summed E-state index contributed by atoms with van der Waals surface area (Å²) in [4.78, 5) is 0. The predicted molar refractivity (Wildman–Crippen MR) is 218 cm³/mol. The Morgan fingerprint density at radius 2 is 0.765 bits per heavy atom. The van der Waals surface area contributed by atoms with Crippen LogP contribution in [0.15, 0.2) is 182 Å². The Hall–Kier alpha value is -6.24. The van der Waals surface area contributed by atoms with Gasteiger partial charge >= 0.3 is 0 Å². The van der Waals surface area contributed by atoms with E-state index in [9.17, 15) is 0 Å². The lowest BCUT2D eigenvalue weighted by Crippen LogP contribution is -2.14. The zero-order chi connectivity index (χ0) is 34.1. The van der Waals surface area contributed by atoms with E-state index in [1.54, 1.807) is 0 Å². The van der Waals surface area contributed by atoms with Crippen molar-refractivity contribution in [1.29, 1.82) is 0 Å². The highest BCUT2D eigenvalue weighted by Gasteiger charge is 2.37. The highest BCUT2D eigenvalue weighted by molar-refractivity contribution is 6.21. The average Bonchev–Trinajstić information content (AvgIpc) is 3.41. The molecule has 0 amide bonds. The summed E-state index contributed by atoms with van der Waals surface area (Å²) in [6.45, 7) is 4.75. The first-order valence-corrected chi connectivity index (χ1v) is 17.9. The van der Waals surface area contributed by atoms with E-state index in [-0.39, 0.29) is 5.41 Å². The van der Waals surface area contributed by atoms with Crippen LogP contribution in [0.25, 0.3) is 88.0 Å². The van der Waals surface area contributed by atoms with E-state index in [0.29, 0.717) is 0 Å². The molecule has 0 fully saturated rings. The molecule has 51 heavy (non-hydrogen) atoms. The van der Waals surface area contributed by atoms with Gasteiger partial charge in [0.25, 0.3) is 0 Å². The fourth-order valence-electron chi connectivity index (χ4n) is 8.79. The van der Waals surface area contributed by atoms with Gasteiger partial charge in [-0.3, -0.25) is 0 Å². The molecule has 0 nitrogen and oxygen atoms in total. The summed E-state index contributed by atoms with van der Waals surface area (Å²) in [5.41, 5.74) is 15.5. The van der Waals surface area contributed by atoms with Crippen molar-refractivity contribution in [2.24, 2.45) is 0 Å². The maximum atomic E-state index is 2.42. The largest absolute Gasteiger partial charge is 0.0622 e. The summed E-state index contributed by atoms with van der Waals surface area (Å²) < 4.78 is 0. The lowest BCUT2D eigenvalue weighted by atomic mass is 9.81. The Balaban J connectivity index is 1.19. The van der Waals surface area contributed by atoms with Crippen molar-refractivity contribution in [3.05, 3.63) is 193 Å². The van der Waals surface area contributed by atoms with E-state index < -0.39 is 0 Å². The molecule has 0 radical (unpaired) electrons. The Morgan fingerprint density at radius 1 is 0.294 bits per heavy atom. The van der Waals surface area contributed by atoms with Crippen LogP contribution in [0.5, 0.6) is 0 Å². The van der Waals surface area contributed by atoms with Crippen molar-refractivity contribution >= 4 is 32.3 Å². The van der Waals surface area contributed by atoms with Gasteiger partial charge in [-0.25, -0.2) is 0 Å². The van der Waals surface area contributed by atoms with Crippen LogP contribution < -0.4 is 0 Å². The van der Waals surface area contributed by atoms with E-state index in [1.165, 1.54) is 99.1 Å². The quantitative estimate of drug-likeness (QED) is 0.167. The molecule has 1 aliphatic carbocycles. The van der Waals surface area contributed by atoms with E-state index in [0.717, 1.165) is 0 Å². The summed E-state index contributed by atoms with van der Waals surface area (Å²) in [5, 5.41) is 7.66. The monoisotopic (exact) mass is 648 g/mol. The van der Waals surface area contributed by atoms with Gasteiger partial charge in [0.05, 0.1) is 0 Å². The van der Waals surface area contributed by atoms with Crippen molar-refractivity contribution in [2.75, 3.05) is 0 Å². The zero-order valence-corrected chi connectivity index (χ0v) is 28.8. The van der Waals surface area contributed by atoms with Crippen LogP contribution in [-0.4, -0.2) is 0 Å². The Morgan fingerprint density at radius 3 is 1.39 bits per heavy atom. The van der Waals surface area contributed by atoms with Crippen molar-refractivity contribution in [3.8, 4) is 55.6 Å². The minimum Gasteiger partial charge on any atom is -0.0622 e. The average molecular weight is 649 g/mol. The summed E-state index contributed by atoms with van der Waals surface area (Å²) in [6.07, 6.45) is 0. The smallest absolute Gasteiger partial charge is 0.0159 e. The number of hydrogen-bond donors (Lipinski definition) is 0. The maximum Gasteiger partial charge on any atom is 0.0159 e. The van der Waals surface area contributed by atoms with E-state index in [2.05, 4.69) is 196 Å². The lowest BCUT2D eigenvalue weighted by molar-refractivity contribution is 0.661. The highest BCUT2D eigenvalue weighted by Crippen LogP contribution is 2.53. The van der Waals surface area contributed by atoms with Crippen LogP contribution in [0.2, 0.25) is 0 Å². The first-order valence-electron chi connectivity index (χ1n) is 17.9. The maximum absolute atomic E-state index is 2.42. The summed E-state index contributed by atoms with van der Waals surface area (Å²) in [7, 11) is 0. The second-order valence-corrected chi connectivity index (χ2v) is 14.5. The lowest BCUT2D eigenvalue weighted by Gasteiger charge is -2.22. The Labute approximate surface area is 299 Å². The topological polar surface area (TPSA) is 0 Å². The van der Waals surface area contributed by atoms with Crippen LogP contribution in [-0.2, 0) is 5.41 Å². The Bertz CT molecular complexity index is 2760. The number of fused-ring (bicyclic) bond motifs is 6. The first-order chi connectivity index (χ1) is 25.1. The van der Waals surface area contributed by atoms with Crippen LogP contribution >= 0.6 is 0 Å². The molecule has 0 aliphatic heterocycles. The van der Waals surface area contributed by atoms with Gasteiger partial charge < -0.3 is 0 Å². The van der Waals surface area contributed by atoms with E-state index in [4.69, 9.17) is 0 Å². The van der Waals surface area contributed by atoms with Gasteiger partial charge in [0.2, 0.25) is 0 Å². The SMILES string of the molecule is CC1(C)c2cc3ccccc3cc2-c2c(-c3cccc(-c4c5ccccc5c(-c5cccc(-c6ccccc6)c5)c5ccccc45)c3)cccc21. The van der Waals surface area contributed by atoms with Gasteiger partial charge in [0, 0.05) is 5.41 Å². The molecule has 240 valence electrons. The number of benzene rings is 9. The summed E-state index contributed by atoms with van der Waals surface area (Å²) >= 11 is 0. The molecule has 0 aromatic heterocycles. The van der Waals surface area contributed by atoms with Gasteiger partial charge in [-0.2, -0.15) is 0 Å². The molecule has 0 unspecified atom stereocenters. The molecule has 9 aromatic rings. The fraction of sp³-hybridized carbons (Fsp3) is 0.0588. The fourth-order valence-corrected chi connectivity index (χ4v) is 8.79. The zero-order valence-electron chi connectivity index (χ0n) is 28.8. The molecule has 0 heterocycles. The molecular weight excluding hydrogens is 613 g/mol. The minimum absolute atomic E-state index is 0.0810. The predicted octanol–water partition coefficient (Wildman–Crippen LogP) is 14.1. The second-order valence-electron chi connectivity index (χ2n) is 14.5. The molecule has 0 N–H and O–H groups in total. The molecule has 0 saturated heterocycles. The molecule has 0 heteroatoms.